The fourth-order valence-corrected chi connectivity index (χ4v) is 4.11. The molecule has 0 saturated heterocycles. The summed E-state index contributed by atoms with van der Waals surface area (Å²) in [6, 6.07) is 0.170. The number of nitrogens with one attached hydrogen (secondary N) is 1. The van der Waals surface area contributed by atoms with Gasteiger partial charge in [-0.3, -0.25) is 0 Å². The van der Waals surface area contributed by atoms with Gasteiger partial charge in [-0.2, -0.15) is 0 Å². The predicted molar refractivity (Wildman–Crippen MR) is 63.7 cm³/mol. The molecular formula is C11H23NO2S. The monoisotopic (exact) mass is 233 g/mol. The molecule has 1 fully saturated rings. The molecule has 15 heavy (non-hydrogen) atoms. The topological polar surface area (TPSA) is 46.2 Å². The molecule has 0 amide bonds. The van der Waals surface area contributed by atoms with Crippen molar-refractivity contribution in [1.29, 1.82) is 0 Å². The van der Waals surface area contributed by atoms with E-state index in [2.05, 4.69) is 12.2 Å². The molecule has 0 aromatic carbocycles. The molecule has 1 aliphatic rings. The SMILES string of the molecule is CCNC1CC(C)CCC1S(=O)(=O)CC. The Morgan fingerprint density at radius 2 is 1.93 bits per heavy atom. The van der Waals surface area contributed by atoms with Gasteiger partial charge in [0, 0.05) is 11.8 Å². The van der Waals surface area contributed by atoms with Crippen LogP contribution in [0, 0.1) is 5.92 Å². The molecule has 3 nitrogen and oxygen atoms in total. The zero-order valence-corrected chi connectivity index (χ0v) is 10.8. The molecule has 3 atom stereocenters. The van der Waals surface area contributed by atoms with Crippen LogP contribution >= 0.6 is 0 Å². The Balaban J connectivity index is 2.77. The van der Waals surface area contributed by atoms with E-state index in [1.165, 1.54) is 0 Å². The Hall–Kier alpha value is -0.0900. The van der Waals surface area contributed by atoms with Gasteiger partial charge in [-0.05, 0) is 31.7 Å². The van der Waals surface area contributed by atoms with Crippen molar-refractivity contribution in [3.63, 3.8) is 0 Å². The second-order valence-corrected chi connectivity index (χ2v) is 7.08. The lowest BCUT2D eigenvalue weighted by Gasteiger charge is -2.34. The highest BCUT2D eigenvalue weighted by atomic mass is 32.2. The Labute approximate surface area is 93.6 Å². The maximum atomic E-state index is 11.9. The molecule has 1 aliphatic carbocycles. The van der Waals surface area contributed by atoms with E-state index in [1.54, 1.807) is 6.92 Å². The van der Waals surface area contributed by atoms with Gasteiger partial charge in [-0.1, -0.05) is 20.8 Å². The van der Waals surface area contributed by atoms with Crippen LogP contribution in [0.2, 0.25) is 0 Å². The number of rotatable bonds is 4. The third-order valence-corrected chi connectivity index (χ3v) is 5.67. The number of hydrogen-bond donors (Lipinski definition) is 1. The van der Waals surface area contributed by atoms with E-state index in [0.717, 1.165) is 25.8 Å². The molecule has 0 aromatic rings. The van der Waals surface area contributed by atoms with Gasteiger partial charge in [0.05, 0.1) is 5.25 Å². The van der Waals surface area contributed by atoms with Crippen LogP contribution in [0.25, 0.3) is 0 Å². The highest BCUT2D eigenvalue weighted by Crippen LogP contribution is 2.28. The lowest BCUT2D eigenvalue weighted by molar-refractivity contribution is 0.306. The zero-order chi connectivity index (χ0) is 11.5. The summed E-state index contributed by atoms with van der Waals surface area (Å²) in [7, 11) is -2.88. The lowest BCUT2D eigenvalue weighted by atomic mass is 9.86. The Kier molecular flexibility index (Phi) is 4.59. The van der Waals surface area contributed by atoms with Crippen molar-refractivity contribution >= 4 is 9.84 Å². The molecule has 0 aromatic heterocycles. The van der Waals surface area contributed by atoms with Gasteiger partial charge in [-0.15, -0.1) is 0 Å². The average Bonchev–Trinajstić information content (AvgIpc) is 2.18. The molecule has 0 heterocycles. The Bertz CT molecular complexity index is 287. The fraction of sp³-hybridized carbons (Fsp3) is 1.00. The first-order valence-corrected chi connectivity index (χ1v) is 7.67. The van der Waals surface area contributed by atoms with E-state index < -0.39 is 9.84 Å². The maximum absolute atomic E-state index is 11.9. The predicted octanol–water partition coefficient (Wildman–Crippen LogP) is 1.59. The van der Waals surface area contributed by atoms with Crippen molar-refractivity contribution < 1.29 is 8.42 Å². The minimum atomic E-state index is -2.88. The quantitative estimate of drug-likeness (QED) is 0.802. The van der Waals surface area contributed by atoms with Crippen molar-refractivity contribution in [2.75, 3.05) is 12.3 Å². The second-order valence-electron chi connectivity index (χ2n) is 4.57. The van der Waals surface area contributed by atoms with Crippen LogP contribution in [-0.4, -0.2) is 32.0 Å². The van der Waals surface area contributed by atoms with E-state index in [4.69, 9.17) is 0 Å². The van der Waals surface area contributed by atoms with Gasteiger partial charge >= 0.3 is 0 Å². The van der Waals surface area contributed by atoms with Crippen LogP contribution in [0.5, 0.6) is 0 Å². The van der Waals surface area contributed by atoms with Gasteiger partial charge in [0.1, 0.15) is 0 Å². The summed E-state index contributed by atoms with van der Waals surface area (Å²) in [5.74, 6) is 0.922. The van der Waals surface area contributed by atoms with Crippen molar-refractivity contribution in [3.8, 4) is 0 Å². The third kappa shape index (κ3) is 3.18. The molecule has 4 heteroatoms. The van der Waals surface area contributed by atoms with Crippen molar-refractivity contribution in [2.24, 2.45) is 5.92 Å². The molecule has 3 unspecified atom stereocenters. The first-order chi connectivity index (χ1) is 7.01. The van der Waals surface area contributed by atoms with E-state index in [0.29, 0.717) is 5.92 Å². The molecular weight excluding hydrogens is 210 g/mol. The number of hydrogen-bond acceptors (Lipinski definition) is 3. The number of sulfone groups is 1. The van der Waals surface area contributed by atoms with Crippen LogP contribution < -0.4 is 5.32 Å². The standard InChI is InChI=1S/C11H23NO2S/c1-4-12-10-8-9(3)6-7-11(10)15(13,14)5-2/h9-12H,4-8H2,1-3H3. The average molecular weight is 233 g/mol. The fourth-order valence-electron chi connectivity index (χ4n) is 2.47. The van der Waals surface area contributed by atoms with Crippen molar-refractivity contribution in [1.82, 2.24) is 5.32 Å². The summed E-state index contributed by atoms with van der Waals surface area (Å²) in [5.41, 5.74) is 0. The summed E-state index contributed by atoms with van der Waals surface area (Å²) >= 11 is 0. The van der Waals surface area contributed by atoms with Crippen LogP contribution in [0.4, 0.5) is 0 Å². The summed E-state index contributed by atoms with van der Waals surface area (Å²) in [4.78, 5) is 0. The summed E-state index contributed by atoms with van der Waals surface area (Å²) in [5, 5.41) is 3.17. The molecule has 1 rings (SSSR count). The minimum Gasteiger partial charge on any atom is -0.313 e. The van der Waals surface area contributed by atoms with Crippen molar-refractivity contribution in [3.05, 3.63) is 0 Å². The van der Waals surface area contributed by atoms with E-state index in [1.807, 2.05) is 6.92 Å². The molecule has 0 spiro atoms. The smallest absolute Gasteiger partial charge is 0.154 e. The molecule has 1 N–H and O–H groups in total. The third-order valence-electron chi connectivity index (χ3n) is 3.38. The normalized spacial score (nSPS) is 32.9. The molecule has 0 bridgehead atoms. The first-order valence-electron chi connectivity index (χ1n) is 5.96. The van der Waals surface area contributed by atoms with Crippen LogP contribution in [0.15, 0.2) is 0 Å². The van der Waals surface area contributed by atoms with E-state index in [9.17, 15) is 8.42 Å². The Morgan fingerprint density at radius 1 is 1.27 bits per heavy atom. The van der Waals surface area contributed by atoms with Gasteiger partial charge in [0.25, 0.3) is 0 Å². The highest BCUT2D eigenvalue weighted by molar-refractivity contribution is 7.92. The zero-order valence-electron chi connectivity index (χ0n) is 9.99. The van der Waals surface area contributed by atoms with Crippen molar-refractivity contribution in [2.45, 2.75) is 51.3 Å². The molecule has 1 saturated carbocycles. The summed E-state index contributed by atoms with van der Waals surface area (Å²) in [6.07, 6.45) is 2.87. The summed E-state index contributed by atoms with van der Waals surface area (Å²) in [6.45, 7) is 6.84. The largest absolute Gasteiger partial charge is 0.313 e. The van der Waals surface area contributed by atoms with Crippen LogP contribution in [0.1, 0.15) is 40.0 Å². The van der Waals surface area contributed by atoms with Gasteiger partial charge in [-0.25, -0.2) is 8.42 Å². The van der Waals surface area contributed by atoms with E-state index in [-0.39, 0.29) is 17.0 Å². The second kappa shape index (κ2) is 5.30. The van der Waals surface area contributed by atoms with Crippen LogP contribution in [0.3, 0.4) is 0 Å². The molecule has 0 radical (unpaired) electrons. The Morgan fingerprint density at radius 3 is 2.47 bits per heavy atom. The first kappa shape index (κ1) is 13.0. The van der Waals surface area contributed by atoms with Gasteiger partial charge in [0.2, 0.25) is 0 Å². The van der Waals surface area contributed by atoms with Crippen LogP contribution in [-0.2, 0) is 9.84 Å². The lowest BCUT2D eigenvalue weighted by Crippen LogP contribution is -2.48. The molecule has 90 valence electrons. The molecule has 0 aliphatic heterocycles. The maximum Gasteiger partial charge on any atom is 0.154 e. The van der Waals surface area contributed by atoms with E-state index >= 15 is 0 Å². The highest BCUT2D eigenvalue weighted by Gasteiger charge is 2.35. The van der Waals surface area contributed by atoms with Gasteiger partial charge in [0.15, 0.2) is 9.84 Å². The minimum absolute atomic E-state index is 0.154. The summed E-state index contributed by atoms with van der Waals surface area (Å²) < 4.78 is 23.8. The van der Waals surface area contributed by atoms with Gasteiger partial charge < -0.3 is 5.32 Å².